The number of nitrogens with one attached hydrogen (secondary N) is 2. The van der Waals surface area contributed by atoms with Crippen molar-refractivity contribution < 1.29 is 9.53 Å². The quantitative estimate of drug-likeness (QED) is 0.703. The lowest BCUT2D eigenvalue weighted by Crippen LogP contribution is -2.36. The average molecular weight is 211 g/mol. The number of ether oxygens (including phenoxy) is 1. The predicted molar refractivity (Wildman–Crippen MR) is 56.1 cm³/mol. The summed E-state index contributed by atoms with van der Waals surface area (Å²) >= 11 is 0. The molecule has 0 radical (unpaired) electrons. The van der Waals surface area contributed by atoms with Gasteiger partial charge in [0, 0.05) is 25.0 Å². The third kappa shape index (κ3) is 3.36. The van der Waals surface area contributed by atoms with Crippen molar-refractivity contribution in [2.45, 2.75) is 20.4 Å². The molecule has 0 aliphatic heterocycles. The maximum Gasteiger partial charge on any atom is 0.312 e. The molecule has 15 heavy (non-hydrogen) atoms. The smallest absolute Gasteiger partial charge is 0.312 e. The van der Waals surface area contributed by atoms with Gasteiger partial charge in [-0.05, 0) is 13.8 Å². The Labute approximate surface area is 89.2 Å². The van der Waals surface area contributed by atoms with Crippen molar-refractivity contribution in [3.8, 4) is 0 Å². The highest BCUT2D eigenvalue weighted by molar-refractivity contribution is 5.76. The standard InChI is InChI=1S/C10H17N3O2/c1-10(2,9(14)15-3)6-11-4-8-5-12-7-13-8/h5,7,11H,4,6H2,1-3H3,(H,12,13). The van der Waals surface area contributed by atoms with Crippen molar-refractivity contribution in [2.24, 2.45) is 5.41 Å². The molecule has 0 unspecified atom stereocenters. The topological polar surface area (TPSA) is 67.0 Å². The van der Waals surface area contributed by atoms with Crippen LogP contribution in [-0.4, -0.2) is 29.6 Å². The van der Waals surface area contributed by atoms with Crippen molar-refractivity contribution >= 4 is 5.97 Å². The van der Waals surface area contributed by atoms with E-state index in [1.165, 1.54) is 7.11 Å². The largest absolute Gasteiger partial charge is 0.469 e. The molecule has 1 heterocycles. The number of carbonyl (C=O) groups is 1. The molecule has 0 amide bonds. The number of hydrogen-bond donors (Lipinski definition) is 2. The Morgan fingerprint density at radius 1 is 1.67 bits per heavy atom. The first-order valence-electron chi connectivity index (χ1n) is 4.82. The molecule has 2 N–H and O–H groups in total. The van der Waals surface area contributed by atoms with Crippen molar-refractivity contribution in [3.63, 3.8) is 0 Å². The van der Waals surface area contributed by atoms with Gasteiger partial charge < -0.3 is 15.0 Å². The van der Waals surface area contributed by atoms with E-state index in [2.05, 4.69) is 15.3 Å². The molecule has 0 spiro atoms. The summed E-state index contributed by atoms with van der Waals surface area (Å²) in [5.41, 5.74) is 0.491. The molecular weight excluding hydrogens is 194 g/mol. The van der Waals surface area contributed by atoms with Crippen molar-refractivity contribution in [2.75, 3.05) is 13.7 Å². The Hall–Kier alpha value is -1.36. The fraction of sp³-hybridized carbons (Fsp3) is 0.600. The fourth-order valence-corrected chi connectivity index (χ4v) is 1.24. The van der Waals surface area contributed by atoms with E-state index >= 15 is 0 Å². The van der Waals surface area contributed by atoms with E-state index in [1.54, 1.807) is 12.5 Å². The van der Waals surface area contributed by atoms with Gasteiger partial charge in [-0.1, -0.05) is 0 Å². The number of carbonyl (C=O) groups excluding carboxylic acids is 1. The van der Waals surface area contributed by atoms with E-state index in [1.807, 2.05) is 13.8 Å². The van der Waals surface area contributed by atoms with Crippen LogP contribution in [0.1, 0.15) is 19.5 Å². The molecule has 1 aromatic heterocycles. The zero-order valence-corrected chi connectivity index (χ0v) is 9.33. The molecular formula is C10H17N3O2. The van der Waals surface area contributed by atoms with Gasteiger partial charge >= 0.3 is 5.97 Å². The molecule has 0 saturated carbocycles. The minimum absolute atomic E-state index is 0.209. The number of aromatic nitrogens is 2. The monoisotopic (exact) mass is 211 g/mol. The van der Waals surface area contributed by atoms with Crippen LogP contribution in [0.5, 0.6) is 0 Å². The summed E-state index contributed by atoms with van der Waals surface area (Å²) in [4.78, 5) is 18.2. The lowest BCUT2D eigenvalue weighted by atomic mass is 9.94. The number of H-pyrrole nitrogens is 1. The minimum Gasteiger partial charge on any atom is -0.469 e. The molecule has 5 heteroatoms. The van der Waals surface area contributed by atoms with Crippen LogP contribution in [0, 0.1) is 5.41 Å². The van der Waals surface area contributed by atoms with Gasteiger partial charge in [0.15, 0.2) is 0 Å². The van der Waals surface area contributed by atoms with Crippen LogP contribution >= 0.6 is 0 Å². The van der Waals surface area contributed by atoms with E-state index in [0.717, 1.165) is 5.69 Å². The molecule has 84 valence electrons. The maximum absolute atomic E-state index is 11.3. The van der Waals surface area contributed by atoms with E-state index in [4.69, 9.17) is 4.74 Å². The number of hydrogen-bond acceptors (Lipinski definition) is 4. The number of imidazole rings is 1. The number of aromatic amines is 1. The normalized spacial score (nSPS) is 11.4. The number of nitrogens with zero attached hydrogens (tertiary/aromatic N) is 1. The Morgan fingerprint density at radius 3 is 2.93 bits per heavy atom. The summed E-state index contributed by atoms with van der Waals surface area (Å²) in [5.74, 6) is -0.209. The van der Waals surface area contributed by atoms with E-state index in [0.29, 0.717) is 13.1 Å². The fourth-order valence-electron chi connectivity index (χ4n) is 1.24. The average Bonchev–Trinajstić information content (AvgIpc) is 2.69. The van der Waals surface area contributed by atoms with Crippen LogP contribution in [0.3, 0.4) is 0 Å². The zero-order chi connectivity index (χ0) is 11.3. The zero-order valence-electron chi connectivity index (χ0n) is 9.33. The second-order valence-corrected chi connectivity index (χ2v) is 4.06. The second-order valence-electron chi connectivity index (χ2n) is 4.06. The van der Waals surface area contributed by atoms with Gasteiger partial charge in [-0.3, -0.25) is 4.79 Å². The Bertz CT molecular complexity index is 306. The van der Waals surface area contributed by atoms with Crippen LogP contribution in [-0.2, 0) is 16.1 Å². The van der Waals surface area contributed by atoms with Gasteiger partial charge in [-0.15, -0.1) is 0 Å². The third-order valence-corrected chi connectivity index (χ3v) is 2.18. The van der Waals surface area contributed by atoms with Crippen molar-refractivity contribution in [1.82, 2.24) is 15.3 Å². The first-order chi connectivity index (χ1) is 7.06. The highest BCUT2D eigenvalue weighted by Crippen LogP contribution is 2.15. The summed E-state index contributed by atoms with van der Waals surface area (Å²) < 4.78 is 4.70. The van der Waals surface area contributed by atoms with Crippen LogP contribution < -0.4 is 5.32 Å². The molecule has 0 aliphatic carbocycles. The summed E-state index contributed by atoms with van der Waals surface area (Å²) in [6.07, 6.45) is 3.38. The summed E-state index contributed by atoms with van der Waals surface area (Å²) in [7, 11) is 1.40. The van der Waals surface area contributed by atoms with Crippen LogP contribution in [0.2, 0.25) is 0 Å². The molecule has 0 saturated heterocycles. The maximum atomic E-state index is 11.3. The van der Waals surface area contributed by atoms with Gasteiger partial charge in [0.2, 0.25) is 0 Å². The van der Waals surface area contributed by atoms with E-state index < -0.39 is 5.41 Å². The first kappa shape index (κ1) is 11.7. The third-order valence-electron chi connectivity index (χ3n) is 2.18. The molecule has 0 aliphatic rings. The van der Waals surface area contributed by atoms with Gasteiger partial charge in [-0.2, -0.15) is 0 Å². The van der Waals surface area contributed by atoms with Gasteiger partial charge in [0.1, 0.15) is 0 Å². The van der Waals surface area contributed by atoms with Crippen LogP contribution in [0.25, 0.3) is 0 Å². The lowest BCUT2D eigenvalue weighted by Gasteiger charge is -2.21. The van der Waals surface area contributed by atoms with Crippen molar-refractivity contribution in [3.05, 3.63) is 18.2 Å². The Balaban J connectivity index is 2.33. The highest BCUT2D eigenvalue weighted by Gasteiger charge is 2.27. The minimum atomic E-state index is -0.505. The Morgan fingerprint density at radius 2 is 2.40 bits per heavy atom. The first-order valence-corrected chi connectivity index (χ1v) is 4.82. The van der Waals surface area contributed by atoms with Crippen LogP contribution in [0.15, 0.2) is 12.5 Å². The molecule has 0 aromatic carbocycles. The van der Waals surface area contributed by atoms with Gasteiger partial charge in [0.25, 0.3) is 0 Å². The van der Waals surface area contributed by atoms with Crippen LogP contribution in [0.4, 0.5) is 0 Å². The number of methoxy groups -OCH3 is 1. The number of rotatable bonds is 5. The number of esters is 1. The predicted octanol–water partition coefficient (Wildman–Crippen LogP) is 0.698. The van der Waals surface area contributed by atoms with Crippen molar-refractivity contribution in [1.29, 1.82) is 0 Å². The van der Waals surface area contributed by atoms with E-state index in [-0.39, 0.29) is 5.97 Å². The second kappa shape index (κ2) is 4.93. The molecule has 1 aromatic rings. The summed E-state index contributed by atoms with van der Waals surface area (Å²) in [6.45, 7) is 4.93. The summed E-state index contributed by atoms with van der Waals surface area (Å²) in [6, 6.07) is 0. The van der Waals surface area contributed by atoms with E-state index in [9.17, 15) is 4.79 Å². The van der Waals surface area contributed by atoms with Gasteiger partial charge in [0.05, 0.1) is 18.9 Å². The summed E-state index contributed by atoms with van der Waals surface area (Å²) in [5, 5.41) is 3.17. The lowest BCUT2D eigenvalue weighted by molar-refractivity contribution is -0.150. The SMILES string of the molecule is COC(=O)C(C)(C)CNCc1cnc[nH]1. The van der Waals surface area contributed by atoms with Gasteiger partial charge in [-0.25, -0.2) is 4.98 Å². The molecule has 5 nitrogen and oxygen atoms in total. The molecule has 0 fully saturated rings. The highest BCUT2D eigenvalue weighted by atomic mass is 16.5. The molecule has 0 bridgehead atoms. The molecule has 0 atom stereocenters. The molecule has 1 rings (SSSR count). The Kier molecular flexibility index (Phi) is 3.85.